The molecule has 0 aliphatic heterocycles. The van der Waals surface area contributed by atoms with Gasteiger partial charge in [-0.1, -0.05) is 12.1 Å². The first kappa shape index (κ1) is 13.9. The summed E-state index contributed by atoms with van der Waals surface area (Å²) in [6, 6.07) is 14.4. The van der Waals surface area contributed by atoms with Gasteiger partial charge in [0.05, 0.1) is 25.1 Å². The number of methoxy groups -OCH3 is 2. The van der Waals surface area contributed by atoms with E-state index in [-0.39, 0.29) is 0 Å². The minimum Gasteiger partial charge on any atom is -0.539 e. The third kappa shape index (κ3) is 2.35. The highest BCUT2D eigenvalue weighted by Crippen LogP contribution is 2.32. The molecule has 6 nitrogen and oxygen atoms in total. The molecule has 0 saturated carbocycles. The van der Waals surface area contributed by atoms with E-state index in [1.807, 2.05) is 12.1 Å². The van der Waals surface area contributed by atoms with E-state index >= 15 is 0 Å². The third-order valence-corrected chi connectivity index (χ3v) is 3.29. The Hall–Kier alpha value is -3.02. The normalized spacial score (nSPS) is 10.5. The van der Waals surface area contributed by atoms with E-state index in [0.29, 0.717) is 28.4 Å². The summed E-state index contributed by atoms with van der Waals surface area (Å²) in [6.45, 7) is 0. The summed E-state index contributed by atoms with van der Waals surface area (Å²) in [5, 5.41) is 15.9. The van der Waals surface area contributed by atoms with Gasteiger partial charge in [-0.3, -0.25) is 0 Å². The van der Waals surface area contributed by atoms with E-state index in [1.54, 1.807) is 50.6 Å². The largest absolute Gasteiger partial charge is 0.539 e. The summed E-state index contributed by atoms with van der Waals surface area (Å²) in [7, 11) is 3.14. The van der Waals surface area contributed by atoms with Crippen molar-refractivity contribution in [2.24, 2.45) is 0 Å². The molecule has 0 radical (unpaired) electrons. The van der Waals surface area contributed by atoms with Gasteiger partial charge in [-0.25, -0.2) is 0 Å². The van der Waals surface area contributed by atoms with Gasteiger partial charge in [0.2, 0.25) is 5.69 Å². The van der Waals surface area contributed by atoms with Crippen molar-refractivity contribution < 1.29 is 23.8 Å². The fourth-order valence-electron chi connectivity index (χ4n) is 2.21. The van der Waals surface area contributed by atoms with Gasteiger partial charge in [0.25, 0.3) is 5.69 Å². The van der Waals surface area contributed by atoms with E-state index in [9.17, 15) is 5.11 Å². The molecule has 0 saturated heterocycles. The Morgan fingerprint density at radius 3 is 2.41 bits per heavy atom. The van der Waals surface area contributed by atoms with Crippen LogP contribution in [0.15, 0.2) is 53.1 Å². The van der Waals surface area contributed by atoms with Crippen LogP contribution in [0.25, 0.3) is 16.9 Å². The van der Waals surface area contributed by atoms with Gasteiger partial charge in [-0.15, -0.1) is 0 Å². The number of nitrogens with zero attached hydrogens (tertiary/aromatic N) is 2. The van der Waals surface area contributed by atoms with E-state index in [1.165, 1.54) is 4.68 Å². The number of ether oxygens (including phenoxy) is 2. The van der Waals surface area contributed by atoms with Crippen LogP contribution >= 0.6 is 0 Å². The van der Waals surface area contributed by atoms with Crippen LogP contribution < -0.4 is 19.3 Å². The van der Waals surface area contributed by atoms with Crippen LogP contribution in [0, 0.1) is 0 Å². The molecule has 0 aliphatic carbocycles. The zero-order chi connectivity index (χ0) is 15.5. The average molecular weight is 298 g/mol. The van der Waals surface area contributed by atoms with Gasteiger partial charge in [0.1, 0.15) is 11.5 Å². The molecule has 6 heteroatoms. The Bertz CT molecular complexity index is 781. The topological polar surface area (TPSA) is 71.4 Å². The second-order valence-corrected chi connectivity index (χ2v) is 4.52. The number of hydrogen-bond acceptors (Lipinski definition) is 5. The molecule has 22 heavy (non-hydrogen) atoms. The second-order valence-electron chi connectivity index (χ2n) is 4.52. The maximum Gasteiger partial charge on any atom is 0.274 e. The maximum atomic E-state index is 12.1. The highest BCUT2D eigenvalue weighted by molar-refractivity contribution is 5.67. The Balaban J connectivity index is 2.15. The van der Waals surface area contributed by atoms with Crippen molar-refractivity contribution in [3.05, 3.63) is 48.5 Å². The highest BCUT2D eigenvalue weighted by atomic mass is 16.6. The van der Waals surface area contributed by atoms with Crippen molar-refractivity contribution in [3.63, 3.8) is 0 Å². The Morgan fingerprint density at radius 2 is 1.73 bits per heavy atom. The first-order valence-corrected chi connectivity index (χ1v) is 6.61. The quantitative estimate of drug-likeness (QED) is 0.686. The molecule has 1 heterocycles. The smallest absolute Gasteiger partial charge is 0.274 e. The molecule has 1 aromatic heterocycles. The van der Waals surface area contributed by atoms with Gasteiger partial charge in [-0.2, -0.15) is 0 Å². The van der Waals surface area contributed by atoms with Crippen LogP contribution in [-0.2, 0) is 0 Å². The number of hydrogen-bond donors (Lipinski definition) is 0. The minimum atomic E-state index is -0.527. The van der Waals surface area contributed by atoms with E-state index in [2.05, 4.69) is 5.27 Å². The predicted molar refractivity (Wildman–Crippen MR) is 76.0 cm³/mol. The predicted octanol–water partition coefficient (Wildman–Crippen LogP) is 1.71. The first-order valence-electron chi connectivity index (χ1n) is 6.61. The van der Waals surface area contributed by atoms with Crippen molar-refractivity contribution in [1.82, 2.24) is 5.27 Å². The van der Waals surface area contributed by atoms with Gasteiger partial charge in [0, 0.05) is 12.1 Å². The summed E-state index contributed by atoms with van der Waals surface area (Å²) in [5.41, 5.74) is 1.61. The van der Waals surface area contributed by atoms with Gasteiger partial charge < -0.3 is 19.1 Å². The molecule has 112 valence electrons. The molecule has 0 N–H and O–H groups in total. The molecule has 0 fully saturated rings. The lowest BCUT2D eigenvalue weighted by atomic mass is 10.1. The van der Waals surface area contributed by atoms with Crippen LogP contribution in [0.3, 0.4) is 0 Å². The Morgan fingerprint density at radius 1 is 1.00 bits per heavy atom. The highest BCUT2D eigenvalue weighted by Gasteiger charge is 2.25. The molecule has 0 amide bonds. The first-order chi connectivity index (χ1) is 10.7. The van der Waals surface area contributed by atoms with E-state index in [4.69, 9.17) is 14.0 Å². The second kappa shape index (κ2) is 5.77. The summed E-state index contributed by atoms with van der Waals surface area (Å²) in [6.07, 6.45) is 0. The molecule has 0 spiro atoms. The summed E-state index contributed by atoms with van der Waals surface area (Å²) in [5.74, 6) is 0.763. The lowest BCUT2D eigenvalue weighted by molar-refractivity contribution is -0.660. The Labute approximate surface area is 127 Å². The number of benzene rings is 2. The van der Waals surface area contributed by atoms with Crippen molar-refractivity contribution >= 4 is 0 Å². The summed E-state index contributed by atoms with van der Waals surface area (Å²) >= 11 is 0. The maximum absolute atomic E-state index is 12.1. The number of para-hydroxylation sites is 1. The van der Waals surface area contributed by atoms with E-state index in [0.717, 1.165) is 0 Å². The zero-order valence-corrected chi connectivity index (χ0v) is 12.1. The molecular weight excluding hydrogens is 284 g/mol. The lowest BCUT2D eigenvalue weighted by Gasteiger charge is -2.05. The SMILES string of the molecule is COc1ccc(-[n+]2noc([O-])c2-c2ccccc2OC)cc1. The zero-order valence-electron chi connectivity index (χ0n) is 12.1. The monoisotopic (exact) mass is 298 g/mol. The number of rotatable bonds is 4. The van der Waals surface area contributed by atoms with Gasteiger partial charge in [0.15, 0.2) is 5.95 Å². The number of aromatic nitrogens is 2. The molecule has 0 unspecified atom stereocenters. The minimum absolute atomic E-state index is 0.308. The fourth-order valence-corrected chi connectivity index (χ4v) is 2.21. The average Bonchev–Trinajstić information content (AvgIpc) is 2.96. The van der Waals surface area contributed by atoms with Gasteiger partial charge >= 0.3 is 0 Å². The third-order valence-electron chi connectivity index (χ3n) is 3.29. The lowest BCUT2D eigenvalue weighted by Crippen LogP contribution is -2.34. The van der Waals surface area contributed by atoms with Gasteiger partial charge in [-0.05, 0) is 28.9 Å². The Kier molecular flexibility index (Phi) is 3.65. The molecule has 2 aromatic carbocycles. The van der Waals surface area contributed by atoms with Crippen molar-refractivity contribution in [2.75, 3.05) is 14.2 Å². The fraction of sp³-hybridized carbons (Fsp3) is 0.125. The summed E-state index contributed by atoms with van der Waals surface area (Å²) in [4.78, 5) is 0. The molecular formula is C16H14N2O4. The van der Waals surface area contributed by atoms with Crippen molar-refractivity contribution in [3.8, 4) is 34.4 Å². The van der Waals surface area contributed by atoms with Crippen LogP contribution in [0.1, 0.15) is 0 Å². The van der Waals surface area contributed by atoms with E-state index < -0.39 is 5.95 Å². The summed E-state index contributed by atoms with van der Waals surface area (Å²) < 4.78 is 16.7. The molecule has 3 rings (SSSR count). The van der Waals surface area contributed by atoms with Crippen molar-refractivity contribution in [2.45, 2.75) is 0 Å². The van der Waals surface area contributed by atoms with Crippen LogP contribution in [0.5, 0.6) is 17.4 Å². The van der Waals surface area contributed by atoms with Crippen LogP contribution in [-0.4, -0.2) is 19.5 Å². The van der Waals surface area contributed by atoms with Crippen LogP contribution in [0.4, 0.5) is 0 Å². The molecule has 0 aliphatic rings. The molecule has 3 aromatic rings. The molecule has 0 atom stereocenters. The van der Waals surface area contributed by atoms with Crippen molar-refractivity contribution in [1.29, 1.82) is 0 Å². The standard InChI is InChI=1S/C16H14N2O4/c1-20-12-9-7-11(8-10-12)18-15(16(19)22-17-18)13-5-3-4-6-14(13)21-2/h3-10H,1-2H3. The van der Waals surface area contributed by atoms with Crippen LogP contribution in [0.2, 0.25) is 0 Å². The molecule has 0 bridgehead atoms.